The molecule has 0 unspecified atom stereocenters. The first kappa shape index (κ1) is 22.4. The summed E-state index contributed by atoms with van der Waals surface area (Å²) in [6.45, 7) is 1.69. The number of ether oxygens (including phenoxy) is 3. The highest BCUT2D eigenvalue weighted by atomic mass is 127. The van der Waals surface area contributed by atoms with Gasteiger partial charge in [-0.3, -0.25) is 4.79 Å². The van der Waals surface area contributed by atoms with Crippen LogP contribution in [-0.2, 0) is 4.79 Å². The molecule has 0 fully saturated rings. The van der Waals surface area contributed by atoms with Gasteiger partial charge in [0.2, 0.25) is 0 Å². The summed E-state index contributed by atoms with van der Waals surface area (Å²) in [5.74, 6) is -0.262. The zero-order chi connectivity index (χ0) is 22.4. The molecule has 162 valence electrons. The van der Waals surface area contributed by atoms with Crippen LogP contribution in [0, 0.1) is 3.57 Å². The average molecular weight is 538 g/mol. The van der Waals surface area contributed by atoms with E-state index in [4.69, 9.17) is 23.7 Å². The van der Waals surface area contributed by atoms with Crippen LogP contribution in [0.2, 0.25) is 0 Å². The molecular formula is C21H19IN2O7. The SMILES string of the molecule is CCOc1cc(/C=N\NC(=O)c2cc3cccc(OC)c3o2)cc(I)c1OCC(=O)O. The third-order valence-corrected chi connectivity index (χ3v) is 4.80. The van der Waals surface area contributed by atoms with E-state index < -0.39 is 18.5 Å². The van der Waals surface area contributed by atoms with Crippen LogP contribution in [0.15, 0.2) is 45.9 Å². The second-order valence-electron chi connectivity index (χ2n) is 6.13. The van der Waals surface area contributed by atoms with Gasteiger partial charge in [0.15, 0.2) is 35.2 Å². The molecule has 0 saturated carbocycles. The van der Waals surface area contributed by atoms with Crippen molar-refractivity contribution in [3.05, 3.63) is 51.3 Å². The van der Waals surface area contributed by atoms with Crippen LogP contribution in [0.3, 0.4) is 0 Å². The summed E-state index contributed by atoms with van der Waals surface area (Å²) in [6.07, 6.45) is 1.44. The number of carbonyl (C=O) groups is 2. The Bertz CT molecular complexity index is 1140. The van der Waals surface area contributed by atoms with Gasteiger partial charge < -0.3 is 23.7 Å². The van der Waals surface area contributed by atoms with E-state index in [2.05, 4.69) is 10.5 Å². The molecule has 1 aromatic heterocycles. The van der Waals surface area contributed by atoms with Gasteiger partial charge in [-0.15, -0.1) is 0 Å². The van der Waals surface area contributed by atoms with E-state index in [1.54, 1.807) is 37.3 Å². The number of hydrazone groups is 1. The van der Waals surface area contributed by atoms with Gasteiger partial charge in [0.1, 0.15) is 0 Å². The number of methoxy groups -OCH3 is 1. The Labute approximate surface area is 191 Å². The normalized spacial score (nSPS) is 10.9. The number of aliphatic carboxylic acids is 1. The van der Waals surface area contributed by atoms with Gasteiger partial charge in [-0.05, 0) is 59.3 Å². The lowest BCUT2D eigenvalue weighted by atomic mass is 10.2. The predicted molar refractivity (Wildman–Crippen MR) is 121 cm³/mol. The van der Waals surface area contributed by atoms with E-state index in [0.717, 1.165) is 5.39 Å². The van der Waals surface area contributed by atoms with Crippen molar-refractivity contribution in [3.8, 4) is 17.2 Å². The predicted octanol–water partition coefficient (Wildman–Crippen LogP) is 3.67. The van der Waals surface area contributed by atoms with E-state index in [0.29, 0.717) is 38.6 Å². The van der Waals surface area contributed by atoms with Crippen molar-refractivity contribution < 1.29 is 33.3 Å². The minimum absolute atomic E-state index is 0.0960. The van der Waals surface area contributed by atoms with E-state index >= 15 is 0 Å². The molecule has 0 aliphatic carbocycles. The van der Waals surface area contributed by atoms with Crippen LogP contribution in [-0.4, -0.2) is 43.5 Å². The molecule has 0 aliphatic heterocycles. The summed E-state index contributed by atoms with van der Waals surface area (Å²) in [7, 11) is 1.53. The molecule has 0 bridgehead atoms. The number of hydrogen-bond acceptors (Lipinski definition) is 7. The quantitative estimate of drug-likeness (QED) is 0.243. The molecule has 3 aromatic rings. The number of benzene rings is 2. The number of carboxylic acid groups (broad SMARTS) is 1. The standard InChI is InChI=1S/C21H19IN2O7/c1-3-29-16-8-12(7-14(22)20(16)30-11-18(25)26)10-23-24-21(27)17-9-13-5-4-6-15(28-2)19(13)31-17/h4-10H,3,11H2,1-2H3,(H,24,27)(H,25,26)/b23-10-. The zero-order valence-electron chi connectivity index (χ0n) is 16.7. The largest absolute Gasteiger partial charge is 0.493 e. The summed E-state index contributed by atoms with van der Waals surface area (Å²) in [6, 6.07) is 10.3. The van der Waals surface area contributed by atoms with Gasteiger partial charge in [0, 0.05) is 5.39 Å². The van der Waals surface area contributed by atoms with Crippen molar-refractivity contribution in [1.82, 2.24) is 5.43 Å². The topological polar surface area (TPSA) is 120 Å². The third-order valence-electron chi connectivity index (χ3n) is 4.00. The molecule has 10 heteroatoms. The van der Waals surface area contributed by atoms with Crippen molar-refractivity contribution >= 4 is 51.7 Å². The number of nitrogens with zero attached hydrogens (tertiary/aromatic N) is 1. The number of halogens is 1. The summed E-state index contributed by atoms with van der Waals surface area (Å²) >= 11 is 2.01. The molecule has 0 saturated heterocycles. The molecule has 2 N–H and O–H groups in total. The molecule has 31 heavy (non-hydrogen) atoms. The second kappa shape index (κ2) is 10.2. The second-order valence-corrected chi connectivity index (χ2v) is 7.30. The Morgan fingerprint density at radius 3 is 2.74 bits per heavy atom. The van der Waals surface area contributed by atoms with Gasteiger partial charge in [0.25, 0.3) is 0 Å². The number of carboxylic acids is 1. The number of carbonyl (C=O) groups excluding carboxylic acids is 1. The van der Waals surface area contributed by atoms with Crippen molar-refractivity contribution in [1.29, 1.82) is 0 Å². The lowest BCUT2D eigenvalue weighted by Crippen LogP contribution is -2.16. The molecule has 0 aliphatic rings. The van der Waals surface area contributed by atoms with Crippen molar-refractivity contribution in [2.24, 2.45) is 5.10 Å². The Balaban J connectivity index is 1.75. The first-order chi connectivity index (χ1) is 14.9. The lowest BCUT2D eigenvalue weighted by Gasteiger charge is -2.13. The number of rotatable bonds is 9. The van der Waals surface area contributed by atoms with E-state index in [1.165, 1.54) is 13.3 Å². The number of hydrogen-bond donors (Lipinski definition) is 2. The summed E-state index contributed by atoms with van der Waals surface area (Å²) in [4.78, 5) is 23.2. The van der Waals surface area contributed by atoms with Crippen LogP contribution in [0.5, 0.6) is 17.2 Å². The van der Waals surface area contributed by atoms with Crippen LogP contribution < -0.4 is 19.6 Å². The van der Waals surface area contributed by atoms with Crippen LogP contribution in [0.4, 0.5) is 0 Å². The third kappa shape index (κ3) is 5.45. The van der Waals surface area contributed by atoms with Crippen LogP contribution >= 0.6 is 22.6 Å². The van der Waals surface area contributed by atoms with Crippen molar-refractivity contribution in [2.75, 3.05) is 20.3 Å². The highest BCUT2D eigenvalue weighted by molar-refractivity contribution is 14.1. The smallest absolute Gasteiger partial charge is 0.341 e. The van der Waals surface area contributed by atoms with Gasteiger partial charge in [0.05, 0.1) is 23.5 Å². The molecule has 1 heterocycles. The number of para-hydroxylation sites is 1. The molecule has 0 atom stereocenters. The maximum absolute atomic E-state index is 12.4. The summed E-state index contributed by atoms with van der Waals surface area (Å²) in [5, 5.41) is 13.5. The lowest BCUT2D eigenvalue weighted by molar-refractivity contribution is -0.139. The molecule has 0 radical (unpaired) electrons. The Morgan fingerprint density at radius 1 is 1.23 bits per heavy atom. The van der Waals surface area contributed by atoms with Gasteiger partial charge >= 0.3 is 11.9 Å². The monoisotopic (exact) mass is 538 g/mol. The Hall–Kier alpha value is -3.28. The van der Waals surface area contributed by atoms with Crippen molar-refractivity contribution in [2.45, 2.75) is 6.92 Å². The number of nitrogens with one attached hydrogen (secondary N) is 1. The van der Waals surface area contributed by atoms with Crippen molar-refractivity contribution in [3.63, 3.8) is 0 Å². The number of amides is 1. The molecule has 1 amide bonds. The molecule has 0 spiro atoms. The van der Waals surface area contributed by atoms with E-state index in [9.17, 15) is 9.59 Å². The number of furan rings is 1. The summed E-state index contributed by atoms with van der Waals surface area (Å²) in [5.41, 5.74) is 3.52. The Morgan fingerprint density at radius 2 is 2.03 bits per heavy atom. The molecule has 9 nitrogen and oxygen atoms in total. The molecule has 3 rings (SSSR count). The minimum Gasteiger partial charge on any atom is -0.493 e. The maximum atomic E-state index is 12.4. The highest BCUT2D eigenvalue weighted by Crippen LogP contribution is 2.34. The maximum Gasteiger partial charge on any atom is 0.341 e. The van der Waals surface area contributed by atoms with Crippen LogP contribution in [0.25, 0.3) is 11.0 Å². The number of fused-ring (bicyclic) bond motifs is 1. The van der Waals surface area contributed by atoms with E-state index in [-0.39, 0.29) is 5.76 Å². The first-order valence-corrected chi connectivity index (χ1v) is 10.2. The zero-order valence-corrected chi connectivity index (χ0v) is 18.8. The van der Waals surface area contributed by atoms with Crippen LogP contribution in [0.1, 0.15) is 23.0 Å². The molecule has 2 aromatic carbocycles. The highest BCUT2D eigenvalue weighted by Gasteiger charge is 2.15. The fraction of sp³-hybridized carbons (Fsp3) is 0.190. The van der Waals surface area contributed by atoms with E-state index in [1.807, 2.05) is 28.7 Å². The molecular weight excluding hydrogens is 519 g/mol. The first-order valence-electron chi connectivity index (χ1n) is 9.13. The fourth-order valence-corrected chi connectivity index (χ4v) is 3.51. The minimum atomic E-state index is -1.09. The van der Waals surface area contributed by atoms with Gasteiger partial charge in [-0.25, -0.2) is 10.2 Å². The van der Waals surface area contributed by atoms with Gasteiger partial charge in [-0.1, -0.05) is 12.1 Å². The fourth-order valence-electron chi connectivity index (χ4n) is 2.73. The summed E-state index contributed by atoms with van der Waals surface area (Å²) < 4.78 is 22.3. The Kier molecular flexibility index (Phi) is 7.34. The van der Waals surface area contributed by atoms with Gasteiger partial charge in [-0.2, -0.15) is 5.10 Å². The average Bonchev–Trinajstić information content (AvgIpc) is 3.17.